The minimum Gasteiger partial charge on any atom is -0.492 e. The largest absolute Gasteiger partial charge is 0.492 e. The first-order chi connectivity index (χ1) is 13.1. The summed E-state index contributed by atoms with van der Waals surface area (Å²) in [5.41, 5.74) is 0. The molecule has 1 aromatic heterocycles. The number of amides is 1. The minimum absolute atomic E-state index is 0.118. The summed E-state index contributed by atoms with van der Waals surface area (Å²) in [5, 5.41) is 2.66. The van der Waals surface area contributed by atoms with Crippen LogP contribution >= 0.6 is 0 Å². The monoisotopic (exact) mass is 373 g/mol. The second kappa shape index (κ2) is 8.84. The summed E-state index contributed by atoms with van der Waals surface area (Å²) >= 11 is 0. The van der Waals surface area contributed by atoms with Crippen LogP contribution in [0.15, 0.2) is 65.1 Å². The van der Waals surface area contributed by atoms with Crippen molar-refractivity contribution >= 4 is 5.91 Å². The summed E-state index contributed by atoms with van der Waals surface area (Å²) in [5.74, 6) is 0.559. The van der Waals surface area contributed by atoms with Crippen molar-refractivity contribution in [2.75, 3.05) is 13.2 Å². The first-order valence-corrected chi connectivity index (χ1v) is 8.24. The van der Waals surface area contributed by atoms with E-state index in [9.17, 15) is 13.6 Å². The van der Waals surface area contributed by atoms with E-state index in [0.717, 1.165) is 0 Å². The van der Waals surface area contributed by atoms with E-state index in [4.69, 9.17) is 13.9 Å². The van der Waals surface area contributed by atoms with Crippen LogP contribution in [0.3, 0.4) is 0 Å². The molecule has 7 heteroatoms. The predicted octanol–water partition coefficient (Wildman–Crippen LogP) is 3.95. The Bertz CT molecular complexity index is 876. The van der Waals surface area contributed by atoms with Gasteiger partial charge in [0.25, 0.3) is 5.91 Å². The Labute approximate surface area is 154 Å². The topological polar surface area (TPSA) is 60.7 Å². The molecular formula is C20H17F2NO4. The van der Waals surface area contributed by atoms with Gasteiger partial charge < -0.3 is 19.2 Å². The fourth-order valence-corrected chi connectivity index (χ4v) is 2.21. The smallest absolute Gasteiger partial charge is 0.287 e. The molecule has 1 amide bonds. The molecule has 3 rings (SSSR count). The molecule has 0 unspecified atom stereocenters. The number of hydrogen-bond donors (Lipinski definition) is 1. The fourth-order valence-electron chi connectivity index (χ4n) is 2.21. The van der Waals surface area contributed by atoms with Crippen LogP contribution < -0.4 is 14.8 Å². The molecule has 0 fully saturated rings. The Kier molecular flexibility index (Phi) is 6.04. The van der Waals surface area contributed by atoms with Gasteiger partial charge in [-0.25, -0.2) is 8.78 Å². The number of hydrogen-bond acceptors (Lipinski definition) is 4. The molecule has 0 aliphatic rings. The zero-order valence-electron chi connectivity index (χ0n) is 14.3. The molecule has 140 valence electrons. The molecule has 0 atom stereocenters. The average Bonchev–Trinajstić information content (AvgIpc) is 3.15. The highest BCUT2D eigenvalue weighted by atomic mass is 19.1. The summed E-state index contributed by atoms with van der Waals surface area (Å²) in [4.78, 5) is 12.0. The van der Waals surface area contributed by atoms with Gasteiger partial charge in [0.05, 0.1) is 6.54 Å². The molecule has 0 radical (unpaired) electrons. The highest BCUT2D eigenvalue weighted by Gasteiger charge is 2.11. The Morgan fingerprint density at radius 1 is 0.852 bits per heavy atom. The van der Waals surface area contributed by atoms with Crippen LogP contribution in [0.5, 0.6) is 11.5 Å². The molecule has 0 aliphatic heterocycles. The Morgan fingerprint density at radius 2 is 1.44 bits per heavy atom. The van der Waals surface area contributed by atoms with E-state index in [1.54, 1.807) is 12.1 Å². The van der Waals surface area contributed by atoms with Crippen molar-refractivity contribution in [1.82, 2.24) is 5.32 Å². The molecule has 0 aliphatic carbocycles. The summed E-state index contributed by atoms with van der Waals surface area (Å²) in [6.45, 7) is 0.615. The molecule has 3 aromatic rings. The highest BCUT2D eigenvalue weighted by molar-refractivity contribution is 5.91. The lowest BCUT2D eigenvalue weighted by Gasteiger charge is -2.07. The van der Waals surface area contributed by atoms with Crippen LogP contribution in [-0.2, 0) is 6.61 Å². The fraction of sp³-hybridized carbons (Fsp3) is 0.150. The normalized spacial score (nSPS) is 10.4. The van der Waals surface area contributed by atoms with Crippen LogP contribution in [0.2, 0.25) is 0 Å². The predicted molar refractivity (Wildman–Crippen MR) is 93.7 cm³/mol. The number of carbonyl (C=O) groups excluding carboxylic acids is 1. The van der Waals surface area contributed by atoms with Crippen LogP contribution in [0, 0.1) is 11.6 Å². The van der Waals surface area contributed by atoms with E-state index < -0.39 is 0 Å². The van der Waals surface area contributed by atoms with Crippen LogP contribution in [0.25, 0.3) is 0 Å². The van der Waals surface area contributed by atoms with Gasteiger partial charge in [0.1, 0.15) is 42.1 Å². The quantitative estimate of drug-likeness (QED) is 0.608. The van der Waals surface area contributed by atoms with Crippen LogP contribution in [-0.4, -0.2) is 19.1 Å². The third-order valence-corrected chi connectivity index (χ3v) is 3.55. The number of carbonyl (C=O) groups is 1. The molecule has 5 nitrogen and oxygen atoms in total. The summed E-state index contributed by atoms with van der Waals surface area (Å²) in [6, 6.07) is 14.4. The molecule has 0 saturated heterocycles. The van der Waals surface area contributed by atoms with Crippen molar-refractivity contribution in [1.29, 1.82) is 0 Å². The number of benzene rings is 2. The lowest BCUT2D eigenvalue weighted by molar-refractivity contribution is 0.0915. The SMILES string of the molecule is O=C(NCCOc1ccc(F)cc1)c1ccc(COc2ccc(F)cc2)o1. The van der Waals surface area contributed by atoms with E-state index >= 15 is 0 Å². The molecule has 2 aromatic carbocycles. The third kappa shape index (κ3) is 5.57. The highest BCUT2D eigenvalue weighted by Crippen LogP contribution is 2.15. The van der Waals surface area contributed by atoms with Gasteiger partial charge in [-0.3, -0.25) is 4.79 Å². The first kappa shape index (κ1) is 18.4. The summed E-state index contributed by atoms with van der Waals surface area (Å²) in [6.07, 6.45) is 0. The van der Waals surface area contributed by atoms with Gasteiger partial charge >= 0.3 is 0 Å². The molecule has 0 bridgehead atoms. The van der Waals surface area contributed by atoms with Crippen molar-refractivity contribution in [3.05, 3.63) is 83.8 Å². The molecule has 27 heavy (non-hydrogen) atoms. The maximum Gasteiger partial charge on any atom is 0.287 e. The maximum atomic E-state index is 12.8. The van der Waals surface area contributed by atoms with Crippen LogP contribution in [0.1, 0.15) is 16.3 Å². The molecule has 1 heterocycles. The third-order valence-electron chi connectivity index (χ3n) is 3.55. The second-order valence-electron chi connectivity index (χ2n) is 5.57. The van der Waals surface area contributed by atoms with Gasteiger partial charge in [-0.2, -0.15) is 0 Å². The lowest BCUT2D eigenvalue weighted by atomic mass is 10.3. The zero-order valence-corrected chi connectivity index (χ0v) is 14.3. The van der Waals surface area contributed by atoms with Gasteiger partial charge in [-0.1, -0.05) is 0 Å². The van der Waals surface area contributed by atoms with Gasteiger partial charge in [-0.15, -0.1) is 0 Å². The molecule has 1 N–H and O–H groups in total. The van der Waals surface area contributed by atoms with E-state index in [2.05, 4.69) is 5.32 Å². The summed E-state index contributed by atoms with van der Waals surface area (Å²) < 4.78 is 41.9. The average molecular weight is 373 g/mol. The Morgan fingerprint density at radius 3 is 2.07 bits per heavy atom. The van der Waals surface area contributed by atoms with E-state index in [1.165, 1.54) is 48.5 Å². The van der Waals surface area contributed by atoms with Gasteiger partial charge in [0.15, 0.2) is 5.76 Å². The number of halogens is 2. The van der Waals surface area contributed by atoms with Crippen molar-refractivity contribution in [2.24, 2.45) is 0 Å². The summed E-state index contributed by atoms with van der Waals surface area (Å²) in [7, 11) is 0. The minimum atomic E-state index is -0.384. The van der Waals surface area contributed by atoms with E-state index in [0.29, 0.717) is 17.3 Å². The standard InChI is InChI=1S/C20H17F2NO4/c21-14-1-5-16(6-2-14)25-12-11-23-20(24)19-10-9-18(27-19)13-26-17-7-3-15(22)4-8-17/h1-10H,11-13H2,(H,23,24). The second-order valence-corrected chi connectivity index (χ2v) is 5.57. The van der Waals surface area contributed by atoms with Crippen molar-refractivity contribution in [2.45, 2.75) is 6.61 Å². The Hall–Kier alpha value is -3.35. The van der Waals surface area contributed by atoms with Crippen LogP contribution in [0.4, 0.5) is 8.78 Å². The lowest BCUT2D eigenvalue weighted by Crippen LogP contribution is -2.27. The van der Waals surface area contributed by atoms with E-state index in [-0.39, 0.29) is 43.1 Å². The number of rotatable bonds is 8. The van der Waals surface area contributed by atoms with E-state index in [1.807, 2.05) is 0 Å². The number of furan rings is 1. The van der Waals surface area contributed by atoms with Crippen molar-refractivity contribution < 1.29 is 27.5 Å². The number of ether oxygens (including phenoxy) is 2. The first-order valence-electron chi connectivity index (χ1n) is 8.24. The maximum absolute atomic E-state index is 12.8. The van der Waals surface area contributed by atoms with Gasteiger partial charge in [-0.05, 0) is 60.7 Å². The molecule has 0 spiro atoms. The van der Waals surface area contributed by atoms with Gasteiger partial charge in [0.2, 0.25) is 0 Å². The zero-order chi connectivity index (χ0) is 19.1. The van der Waals surface area contributed by atoms with Crippen molar-refractivity contribution in [3.8, 4) is 11.5 Å². The number of nitrogens with one attached hydrogen (secondary N) is 1. The van der Waals surface area contributed by atoms with Gasteiger partial charge in [0, 0.05) is 0 Å². The molecule has 0 saturated carbocycles. The molecular weight excluding hydrogens is 356 g/mol. The van der Waals surface area contributed by atoms with Crippen molar-refractivity contribution in [3.63, 3.8) is 0 Å². The Balaban J connectivity index is 1.41.